The van der Waals surface area contributed by atoms with Gasteiger partial charge in [0.05, 0.1) is 42.2 Å². The van der Waals surface area contributed by atoms with Crippen molar-refractivity contribution in [3.63, 3.8) is 0 Å². The zero-order valence-electron chi connectivity index (χ0n) is 16.2. The average Bonchev–Trinajstić information content (AvgIpc) is 3.02. The van der Waals surface area contributed by atoms with Crippen molar-refractivity contribution in [3.05, 3.63) is 29.6 Å². The van der Waals surface area contributed by atoms with Crippen molar-refractivity contribution in [1.29, 1.82) is 5.26 Å². The summed E-state index contributed by atoms with van der Waals surface area (Å²) >= 11 is 0. The second-order valence-corrected chi connectivity index (χ2v) is 7.81. The van der Waals surface area contributed by atoms with Crippen LogP contribution in [-0.2, 0) is 10.3 Å². The predicted molar refractivity (Wildman–Crippen MR) is 106 cm³/mol. The van der Waals surface area contributed by atoms with Gasteiger partial charge in [-0.1, -0.05) is 6.08 Å². The molecule has 0 bridgehead atoms. The summed E-state index contributed by atoms with van der Waals surface area (Å²) in [6.07, 6.45) is 9.23. The Hall–Kier alpha value is -1.94. The average molecular weight is 367 g/mol. The van der Waals surface area contributed by atoms with Crippen LogP contribution in [-0.4, -0.2) is 55.8 Å². The monoisotopic (exact) mass is 367 g/mol. The maximum absolute atomic E-state index is 10.1. The van der Waals surface area contributed by atoms with Crippen molar-refractivity contribution in [2.75, 3.05) is 44.9 Å². The van der Waals surface area contributed by atoms with E-state index in [9.17, 15) is 5.26 Å². The fraction of sp³-hybridized carbons (Fsp3) is 0.619. The van der Waals surface area contributed by atoms with E-state index in [0.29, 0.717) is 6.04 Å². The molecule has 0 aromatic carbocycles. The van der Waals surface area contributed by atoms with Gasteiger partial charge in [0.2, 0.25) is 0 Å². The number of anilines is 1. The van der Waals surface area contributed by atoms with Crippen LogP contribution in [0.3, 0.4) is 0 Å². The van der Waals surface area contributed by atoms with Gasteiger partial charge < -0.3 is 5.32 Å². The second kappa shape index (κ2) is 7.97. The summed E-state index contributed by atoms with van der Waals surface area (Å²) in [6.45, 7) is 5.22. The Labute approximate surface area is 161 Å². The van der Waals surface area contributed by atoms with Gasteiger partial charge in [-0.25, -0.2) is 10.0 Å². The minimum Gasteiger partial charge on any atom is -0.315 e. The molecule has 1 N–H and O–H groups in total. The highest BCUT2D eigenvalue weighted by molar-refractivity contribution is 5.67. The van der Waals surface area contributed by atoms with Crippen LogP contribution < -0.4 is 10.4 Å². The fourth-order valence-corrected chi connectivity index (χ4v) is 4.72. The molecule has 1 aromatic heterocycles. The molecule has 0 amide bonds. The first-order chi connectivity index (χ1) is 13.3. The number of nitriles is 1. The Kier molecular flexibility index (Phi) is 5.44. The third-order valence-electron chi connectivity index (χ3n) is 6.34. The molecule has 3 aliphatic rings. The summed E-state index contributed by atoms with van der Waals surface area (Å²) in [6, 6.07) is 7.33. The minimum atomic E-state index is -0.460. The molecule has 4 rings (SSSR count). The summed E-state index contributed by atoms with van der Waals surface area (Å²) < 4.78 is 0. The van der Waals surface area contributed by atoms with E-state index in [4.69, 9.17) is 9.82 Å². The highest BCUT2D eigenvalue weighted by Crippen LogP contribution is 2.41. The fourth-order valence-electron chi connectivity index (χ4n) is 4.72. The first-order valence-corrected chi connectivity index (χ1v) is 10.1. The van der Waals surface area contributed by atoms with E-state index in [1.807, 2.05) is 23.3 Å². The number of nitrogens with zero attached hydrogens (tertiary/aromatic N) is 4. The Morgan fingerprint density at radius 1 is 1.26 bits per heavy atom. The molecule has 0 radical (unpaired) electrons. The van der Waals surface area contributed by atoms with Gasteiger partial charge in [-0.05, 0) is 63.4 Å². The minimum absolute atomic E-state index is 0.460. The molecule has 2 fully saturated rings. The van der Waals surface area contributed by atoms with Crippen LogP contribution in [0.25, 0.3) is 6.08 Å². The second-order valence-electron chi connectivity index (χ2n) is 7.81. The molecule has 6 nitrogen and oxygen atoms in total. The maximum Gasteiger partial charge on any atom is 0.0994 e. The zero-order valence-corrected chi connectivity index (χ0v) is 16.2. The highest BCUT2D eigenvalue weighted by Gasteiger charge is 2.40. The molecule has 6 heteroatoms. The number of pyridine rings is 1. The van der Waals surface area contributed by atoms with Crippen molar-refractivity contribution < 1.29 is 4.84 Å². The maximum atomic E-state index is 10.1. The lowest BCUT2D eigenvalue weighted by molar-refractivity contribution is 0.143. The van der Waals surface area contributed by atoms with Gasteiger partial charge in [-0.15, -0.1) is 0 Å². The number of rotatable bonds is 3. The topological polar surface area (TPSA) is 64.4 Å². The van der Waals surface area contributed by atoms with Gasteiger partial charge >= 0.3 is 0 Å². The molecule has 144 valence electrons. The van der Waals surface area contributed by atoms with E-state index < -0.39 is 5.41 Å². The summed E-state index contributed by atoms with van der Waals surface area (Å²) in [5, 5.41) is 15.4. The number of hydrogen-bond acceptors (Lipinski definition) is 6. The number of hydroxylamine groups is 1. The van der Waals surface area contributed by atoms with Crippen LogP contribution in [0, 0.1) is 11.3 Å². The van der Waals surface area contributed by atoms with E-state index in [1.165, 1.54) is 13.0 Å². The van der Waals surface area contributed by atoms with Crippen LogP contribution in [0.15, 0.2) is 18.2 Å². The molecule has 0 spiro atoms. The van der Waals surface area contributed by atoms with Crippen LogP contribution >= 0.6 is 0 Å². The zero-order chi connectivity index (χ0) is 18.7. The molecule has 1 aliphatic carbocycles. The first-order valence-electron chi connectivity index (χ1n) is 10.1. The Bertz CT molecular complexity index is 725. The Morgan fingerprint density at radius 2 is 2.11 bits per heavy atom. The summed E-state index contributed by atoms with van der Waals surface area (Å²) in [5.74, 6) is 0. The lowest BCUT2D eigenvalue weighted by Crippen LogP contribution is -2.43. The molecule has 1 aromatic rings. The molecule has 3 heterocycles. The van der Waals surface area contributed by atoms with Gasteiger partial charge in [0.25, 0.3) is 0 Å². The molecule has 1 saturated heterocycles. The first kappa shape index (κ1) is 18.4. The Balaban J connectivity index is 1.51. The van der Waals surface area contributed by atoms with Crippen LogP contribution in [0.2, 0.25) is 0 Å². The summed E-state index contributed by atoms with van der Waals surface area (Å²) in [5.41, 5.74) is 2.33. The van der Waals surface area contributed by atoms with Crippen LogP contribution in [0.4, 0.5) is 5.69 Å². The van der Waals surface area contributed by atoms with Crippen molar-refractivity contribution in [1.82, 2.24) is 15.2 Å². The lowest BCUT2D eigenvalue weighted by Gasteiger charge is -2.40. The predicted octanol–water partition coefficient (Wildman–Crippen LogP) is 2.48. The van der Waals surface area contributed by atoms with E-state index in [-0.39, 0.29) is 0 Å². The van der Waals surface area contributed by atoms with Crippen molar-refractivity contribution in [3.8, 4) is 6.07 Å². The number of aromatic nitrogens is 1. The van der Waals surface area contributed by atoms with Crippen LogP contribution in [0.1, 0.15) is 43.5 Å². The van der Waals surface area contributed by atoms with Crippen LogP contribution in [0.5, 0.6) is 0 Å². The van der Waals surface area contributed by atoms with Crippen molar-refractivity contribution >= 4 is 11.8 Å². The lowest BCUT2D eigenvalue weighted by atomic mass is 9.70. The summed E-state index contributed by atoms with van der Waals surface area (Å²) in [7, 11) is 1.67. The molecule has 2 aliphatic heterocycles. The summed E-state index contributed by atoms with van der Waals surface area (Å²) in [4.78, 5) is 12.9. The standard InChI is InChI=1S/C21H29N5O/c1-27-26-14-2-4-18-19(26)5-6-20(24-18)21(16-22)9-7-17(8-10-21)25-13-3-11-23-12-15-25/h2,4-6,17,23H,3,7-15H2,1H3. The normalized spacial score (nSPS) is 29.0. The SMILES string of the molecule is CON1CC=Cc2nc(C3(C#N)CCC(N4CCCNCC4)CC3)ccc21. The number of fused-ring (bicyclic) bond motifs is 1. The highest BCUT2D eigenvalue weighted by atomic mass is 16.7. The molecule has 1 saturated carbocycles. The molecule has 27 heavy (non-hydrogen) atoms. The molecular weight excluding hydrogens is 338 g/mol. The van der Waals surface area contributed by atoms with E-state index in [2.05, 4.69) is 22.4 Å². The third-order valence-corrected chi connectivity index (χ3v) is 6.34. The number of nitrogens with one attached hydrogen (secondary N) is 1. The third kappa shape index (κ3) is 3.60. The smallest absolute Gasteiger partial charge is 0.0994 e. The van der Waals surface area contributed by atoms with Crippen molar-refractivity contribution in [2.45, 2.75) is 43.6 Å². The van der Waals surface area contributed by atoms with E-state index >= 15 is 0 Å². The quantitative estimate of drug-likeness (QED) is 0.885. The van der Waals surface area contributed by atoms with Crippen molar-refractivity contribution in [2.24, 2.45) is 0 Å². The Morgan fingerprint density at radius 3 is 2.89 bits per heavy atom. The van der Waals surface area contributed by atoms with E-state index in [1.54, 1.807) is 7.11 Å². The molecule has 0 unspecified atom stereocenters. The van der Waals surface area contributed by atoms with Gasteiger partial charge in [-0.3, -0.25) is 9.74 Å². The largest absolute Gasteiger partial charge is 0.315 e. The number of hydrogen-bond donors (Lipinski definition) is 1. The molecule has 0 atom stereocenters. The van der Waals surface area contributed by atoms with E-state index in [0.717, 1.165) is 68.9 Å². The van der Waals surface area contributed by atoms with Gasteiger partial charge in [0.1, 0.15) is 0 Å². The van der Waals surface area contributed by atoms with Gasteiger partial charge in [0, 0.05) is 19.1 Å². The molecular formula is C21H29N5O. The van der Waals surface area contributed by atoms with Gasteiger partial charge in [0.15, 0.2) is 0 Å². The van der Waals surface area contributed by atoms with Gasteiger partial charge in [-0.2, -0.15) is 5.26 Å².